The van der Waals surface area contributed by atoms with E-state index in [4.69, 9.17) is 4.84 Å². The second kappa shape index (κ2) is 8.50. The molecule has 0 atom stereocenters. The zero-order chi connectivity index (χ0) is 22.1. The molecule has 5 nitrogen and oxygen atoms in total. The second-order valence-corrected chi connectivity index (χ2v) is 8.21. The molecule has 160 valence electrons. The maximum absolute atomic E-state index is 13.2. The zero-order valence-electron chi connectivity index (χ0n) is 18.6. The van der Waals surface area contributed by atoms with Crippen molar-refractivity contribution in [1.29, 1.82) is 0 Å². The van der Waals surface area contributed by atoms with Gasteiger partial charge >= 0.3 is 5.97 Å². The van der Waals surface area contributed by atoms with Crippen LogP contribution in [0.15, 0.2) is 40.6 Å². The minimum Gasteiger partial charge on any atom is -0.348 e. The van der Waals surface area contributed by atoms with Gasteiger partial charge in [0.2, 0.25) is 0 Å². The van der Waals surface area contributed by atoms with E-state index in [1.165, 1.54) is 23.9 Å². The van der Waals surface area contributed by atoms with Crippen LogP contribution in [0.5, 0.6) is 0 Å². The minimum atomic E-state index is -0.423. The van der Waals surface area contributed by atoms with E-state index in [0.29, 0.717) is 0 Å². The van der Waals surface area contributed by atoms with Gasteiger partial charge in [0.15, 0.2) is 5.78 Å². The quantitative estimate of drug-likeness (QED) is 0.288. The summed E-state index contributed by atoms with van der Waals surface area (Å²) in [6.45, 7) is 8.28. The van der Waals surface area contributed by atoms with Crippen molar-refractivity contribution in [2.45, 2.75) is 59.9 Å². The van der Waals surface area contributed by atoms with Gasteiger partial charge in [-0.3, -0.25) is 4.79 Å². The van der Waals surface area contributed by atoms with Crippen molar-refractivity contribution >= 4 is 29.6 Å². The lowest BCUT2D eigenvalue weighted by molar-refractivity contribution is -0.140. The molecule has 0 aliphatic heterocycles. The lowest BCUT2D eigenvalue weighted by Crippen LogP contribution is -2.13. The van der Waals surface area contributed by atoms with Crippen LogP contribution in [-0.2, 0) is 29.0 Å². The first-order valence-electron chi connectivity index (χ1n) is 10.9. The number of aryl methyl sites for hydroxylation is 1. The summed E-state index contributed by atoms with van der Waals surface area (Å²) in [7, 11) is 0. The van der Waals surface area contributed by atoms with Gasteiger partial charge in [-0.25, -0.2) is 4.79 Å². The molecule has 2 aromatic rings. The SMILES string of the molecule is CCn1c2c(c3c1CCC(/C(C)=N/OC(C)=O)=C3)C=C(C(=O)c1ccccc1C)CC2. The average Bonchev–Trinajstić information content (AvgIpc) is 3.09. The number of oxime groups is 1. The van der Waals surface area contributed by atoms with E-state index in [0.717, 1.165) is 65.8 Å². The predicted molar refractivity (Wildman–Crippen MR) is 123 cm³/mol. The van der Waals surface area contributed by atoms with Crippen molar-refractivity contribution in [3.05, 3.63) is 69.1 Å². The molecule has 0 amide bonds. The molecule has 0 N–H and O–H groups in total. The van der Waals surface area contributed by atoms with Crippen LogP contribution in [0, 0.1) is 6.92 Å². The third kappa shape index (κ3) is 3.92. The van der Waals surface area contributed by atoms with E-state index >= 15 is 0 Å². The molecule has 0 unspecified atom stereocenters. The lowest BCUT2D eigenvalue weighted by atomic mass is 9.87. The average molecular weight is 417 g/mol. The molecule has 0 radical (unpaired) electrons. The number of nitrogens with zero attached hydrogens (tertiary/aromatic N) is 2. The number of aromatic nitrogens is 1. The van der Waals surface area contributed by atoms with E-state index in [1.54, 1.807) is 0 Å². The number of carbonyl (C=O) groups excluding carboxylic acids is 2. The summed E-state index contributed by atoms with van der Waals surface area (Å²) in [5, 5.41) is 3.97. The smallest absolute Gasteiger partial charge is 0.331 e. The molecular formula is C26H28N2O3. The standard InChI is InChI=1S/C26H28N2O3/c1-5-28-24-12-10-19(17(3)27-31-18(4)29)14-22(24)23-15-20(11-13-25(23)28)26(30)21-9-7-6-8-16(21)2/h6-9,14-15H,5,10-13H2,1-4H3/b27-17+. The number of carbonyl (C=O) groups is 2. The van der Waals surface area contributed by atoms with E-state index in [9.17, 15) is 9.59 Å². The first-order valence-corrected chi connectivity index (χ1v) is 10.9. The van der Waals surface area contributed by atoms with Gasteiger partial charge in [0, 0.05) is 47.1 Å². The van der Waals surface area contributed by atoms with Gasteiger partial charge in [0.05, 0.1) is 5.71 Å². The van der Waals surface area contributed by atoms with Gasteiger partial charge in [0.25, 0.3) is 0 Å². The first-order chi connectivity index (χ1) is 14.9. The van der Waals surface area contributed by atoms with Crippen LogP contribution in [0.3, 0.4) is 0 Å². The minimum absolute atomic E-state index is 0.120. The number of hydrogen-bond acceptors (Lipinski definition) is 4. The molecule has 2 aliphatic rings. The summed E-state index contributed by atoms with van der Waals surface area (Å²) in [4.78, 5) is 29.2. The molecular weight excluding hydrogens is 388 g/mol. The lowest BCUT2D eigenvalue weighted by Gasteiger charge is -2.17. The van der Waals surface area contributed by atoms with Crippen LogP contribution < -0.4 is 0 Å². The van der Waals surface area contributed by atoms with Crippen molar-refractivity contribution in [2.75, 3.05) is 0 Å². The maximum Gasteiger partial charge on any atom is 0.331 e. The molecule has 31 heavy (non-hydrogen) atoms. The number of benzene rings is 1. The molecule has 1 heterocycles. The molecule has 5 heteroatoms. The van der Waals surface area contributed by atoms with Gasteiger partial charge in [-0.1, -0.05) is 29.4 Å². The van der Waals surface area contributed by atoms with Crippen LogP contribution >= 0.6 is 0 Å². The Balaban J connectivity index is 1.77. The third-order valence-corrected chi connectivity index (χ3v) is 6.24. The first kappa shape index (κ1) is 21.0. The highest BCUT2D eigenvalue weighted by molar-refractivity contribution is 6.13. The fraction of sp³-hybridized carbons (Fsp3) is 0.346. The summed E-state index contributed by atoms with van der Waals surface area (Å²) < 4.78 is 2.40. The van der Waals surface area contributed by atoms with E-state index in [2.05, 4.69) is 28.8 Å². The number of rotatable bonds is 5. The molecule has 1 aromatic heterocycles. The van der Waals surface area contributed by atoms with Crippen molar-refractivity contribution in [1.82, 2.24) is 4.57 Å². The van der Waals surface area contributed by atoms with Crippen LogP contribution in [0.2, 0.25) is 0 Å². The Labute approximate surface area is 183 Å². The summed E-state index contributed by atoms with van der Waals surface area (Å²) in [6, 6.07) is 7.78. The summed E-state index contributed by atoms with van der Waals surface area (Å²) >= 11 is 0. The molecule has 2 aliphatic carbocycles. The van der Waals surface area contributed by atoms with Crippen LogP contribution in [0.1, 0.15) is 72.0 Å². The Morgan fingerprint density at radius 3 is 2.19 bits per heavy atom. The summed E-state index contributed by atoms with van der Waals surface area (Å²) in [5.74, 6) is -0.303. The van der Waals surface area contributed by atoms with E-state index in [-0.39, 0.29) is 5.78 Å². The monoisotopic (exact) mass is 416 g/mol. The Morgan fingerprint density at radius 2 is 1.58 bits per heavy atom. The second-order valence-electron chi connectivity index (χ2n) is 8.21. The maximum atomic E-state index is 13.2. The predicted octanol–water partition coefficient (Wildman–Crippen LogP) is 5.30. The number of Topliss-reactive ketones (excluding diaryl/α,β-unsaturated/α-hetero) is 1. The van der Waals surface area contributed by atoms with E-state index < -0.39 is 5.97 Å². The molecule has 0 saturated heterocycles. The number of ketones is 1. The van der Waals surface area contributed by atoms with Gasteiger partial charge in [-0.15, -0.1) is 0 Å². The van der Waals surface area contributed by atoms with Gasteiger partial charge in [0.1, 0.15) is 0 Å². The Kier molecular flexibility index (Phi) is 5.77. The van der Waals surface area contributed by atoms with Gasteiger partial charge in [-0.2, -0.15) is 0 Å². The topological polar surface area (TPSA) is 60.7 Å². The molecule has 0 fully saturated rings. The normalized spacial score (nSPS) is 15.5. The fourth-order valence-electron chi connectivity index (χ4n) is 4.66. The number of allylic oxidation sites excluding steroid dienone is 2. The largest absolute Gasteiger partial charge is 0.348 e. The van der Waals surface area contributed by atoms with Crippen molar-refractivity contribution < 1.29 is 14.4 Å². The highest BCUT2D eigenvalue weighted by Gasteiger charge is 2.28. The number of hydrogen-bond donors (Lipinski definition) is 0. The zero-order valence-corrected chi connectivity index (χ0v) is 18.6. The van der Waals surface area contributed by atoms with Crippen LogP contribution in [0.25, 0.3) is 12.2 Å². The van der Waals surface area contributed by atoms with Gasteiger partial charge in [-0.05, 0) is 69.7 Å². The molecule has 4 rings (SSSR count). The number of fused-ring (bicyclic) bond motifs is 3. The highest BCUT2D eigenvalue weighted by atomic mass is 16.7. The third-order valence-electron chi connectivity index (χ3n) is 6.24. The molecule has 0 saturated carbocycles. The van der Waals surface area contributed by atoms with Crippen LogP contribution in [0.4, 0.5) is 0 Å². The molecule has 1 aromatic carbocycles. The summed E-state index contributed by atoms with van der Waals surface area (Å²) in [6.07, 6.45) is 7.63. The van der Waals surface area contributed by atoms with Crippen molar-refractivity contribution in [2.24, 2.45) is 5.16 Å². The molecule has 0 bridgehead atoms. The van der Waals surface area contributed by atoms with Gasteiger partial charge < -0.3 is 9.40 Å². The highest BCUT2D eigenvalue weighted by Crippen LogP contribution is 2.38. The Morgan fingerprint density at radius 1 is 0.968 bits per heavy atom. The molecule has 0 spiro atoms. The van der Waals surface area contributed by atoms with E-state index in [1.807, 2.05) is 38.1 Å². The van der Waals surface area contributed by atoms with Crippen molar-refractivity contribution in [3.8, 4) is 0 Å². The fourth-order valence-corrected chi connectivity index (χ4v) is 4.66. The van der Waals surface area contributed by atoms with Crippen molar-refractivity contribution in [3.63, 3.8) is 0 Å². The van der Waals surface area contributed by atoms with Crippen LogP contribution in [-0.4, -0.2) is 22.0 Å². The Bertz CT molecular complexity index is 1160. The Hall–Kier alpha value is -3.21. The summed E-state index contributed by atoms with van der Waals surface area (Å²) in [5.41, 5.74) is 9.38.